The van der Waals surface area contributed by atoms with Crippen LogP contribution in [0.5, 0.6) is 0 Å². The molecule has 1 aliphatic heterocycles. The summed E-state index contributed by atoms with van der Waals surface area (Å²) in [4.78, 5) is 20.6. The molecule has 180 valence electrons. The van der Waals surface area contributed by atoms with Crippen LogP contribution in [0.2, 0.25) is 0 Å². The largest absolute Gasteiger partial charge is 0.339 e. The molecule has 7 nitrogen and oxygen atoms in total. The molecule has 0 aliphatic carbocycles. The van der Waals surface area contributed by atoms with Crippen LogP contribution < -0.4 is 0 Å². The Hall–Kier alpha value is -4.04. The molecule has 0 amide bonds. The molecule has 5 aromatic rings. The van der Waals surface area contributed by atoms with Crippen molar-refractivity contribution in [3.8, 4) is 33.8 Å². The summed E-state index contributed by atoms with van der Waals surface area (Å²) < 4.78 is 20.4. The zero-order valence-corrected chi connectivity index (χ0v) is 20.1. The van der Waals surface area contributed by atoms with Gasteiger partial charge in [-0.1, -0.05) is 16.8 Å². The van der Waals surface area contributed by atoms with Gasteiger partial charge in [-0.05, 0) is 81.9 Å². The van der Waals surface area contributed by atoms with Crippen molar-refractivity contribution in [2.24, 2.45) is 0 Å². The third-order valence-corrected chi connectivity index (χ3v) is 6.80. The molecule has 1 aromatic carbocycles. The first kappa shape index (κ1) is 22.4. The maximum atomic E-state index is 14.7. The van der Waals surface area contributed by atoms with Crippen molar-refractivity contribution in [2.45, 2.75) is 25.7 Å². The van der Waals surface area contributed by atoms with Crippen molar-refractivity contribution >= 4 is 11.0 Å². The predicted octanol–water partition coefficient (Wildman–Crippen LogP) is 5.67. The number of benzene rings is 1. The van der Waals surface area contributed by atoms with E-state index >= 15 is 0 Å². The van der Waals surface area contributed by atoms with E-state index in [0.717, 1.165) is 53.6 Å². The summed E-state index contributed by atoms with van der Waals surface area (Å²) in [6.45, 7) is 3.97. The lowest BCUT2D eigenvalue weighted by Crippen LogP contribution is -2.29. The second-order valence-corrected chi connectivity index (χ2v) is 9.41. The average Bonchev–Trinajstić information content (AvgIpc) is 3.40. The number of aromatic nitrogens is 5. The van der Waals surface area contributed by atoms with Gasteiger partial charge in [0.15, 0.2) is 5.65 Å². The van der Waals surface area contributed by atoms with Crippen LogP contribution in [0.4, 0.5) is 4.39 Å². The third-order valence-electron chi connectivity index (χ3n) is 6.80. The van der Waals surface area contributed by atoms with E-state index in [-0.39, 0.29) is 11.7 Å². The second-order valence-electron chi connectivity index (χ2n) is 9.41. The van der Waals surface area contributed by atoms with Crippen molar-refractivity contribution in [1.29, 1.82) is 0 Å². The van der Waals surface area contributed by atoms with E-state index in [0.29, 0.717) is 28.6 Å². The van der Waals surface area contributed by atoms with Crippen molar-refractivity contribution in [2.75, 3.05) is 20.1 Å². The van der Waals surface area contributed by atoms with Crippen molar-refractivity contribution < 1.29 is 8.91 Å². The van der Waals surface area contributed by atoms with Gasteiger partial charge in [0.1, 0.15) is 5.82 Å². The third kappa shape index (κ3) is 4.24. The summed E-state index contributed by atoms with van der Waals surface area (Å²) in [5.74, 6) is 1.15. The van der Waals surface area contributed by atoms with Crippen molar-refractivity contribution in [3.05, 3.63) is 78.3 Å². The van der Waals surface area contributed by atoms with E-state index in [1.54, 1.807) is 30.7 Å². The van der Waals surface area contributed by atoms with Crippen LogP contribution in [0, 0.1) is 12.7 Å². The molecular formula is C28H25FN6O. The zero-order chi connectivity index (χ0) is 24.6. The van der Waals surface area contributed by atoms with Crippen LogP contribution in [0.3, 0.4) is 0 Å². The SMILES string of the molecule is Cc1ccc(F)c(-c2cc(-c3cncc(-c4noc(C5CCN(C)CC5)n4)c3)c3cccnc3n2)c1. The highest BCUT2D eigenvalue weighted by atomic mass is 19.1. The first-order valence-corrected chi connectivity index (χ1v) is 12.1. The average molecular weight is 481 g/mol. The van der Waals surface area contributed by atoms with Crippen LogP contribution in [-0.4, -0.2) is 50.1 Å². The minimum Gasteiger partial charge on any atom is -0.339 e. The van der Waals surface area contributed by atoms with Gasteiger partial charge in [0.2, 0.25) is 11.7 Å². The molecule has 0 spiro atoms. The number of hydrogen-bond acceptors (Lipinski definition) is 7. The van der Waals surface area contributed by atoms with Gasteiger partial charge in [-0.2, -0.15) is 4.98 Å². The smallest absolute Gasteiger partial charge is 0.230 e. The molecular weight excluding hydrogens is 455 g/mol. The molecule has 36 heavy (non-hydrogen) atoms. The molecule has 1 saturated heterocycles. The minimum atomic E-state index is -0.325. The van der Waals surface area contributed by atoms with Crippen LogP contribution in [0.15, 0.2) is 65.6 Å². The van der Waals surface area contributed by atoms with Crippen molar-refractivity contribution in [1.82, 2.24) is 30.0 Å². The van der Waals surface area contributed by atoms with Crippen LogP contribution in [0.25, 0.3) is 44.8 Å². The van der Waals surface area contributed by atoms with E-state index in [1.165, 1.54) is 6.07 Å². The number of aryl methyl sites for hydroxylation is 1. The van der Waals surface area contributed by atoms with Gasteiger partial charge in [-0.15, -0.1) is 0 Å². The Morgan fingerprint density at radius 3 is 2.67 bits per heavy atom. The Labute approximate surface area is 208 Å². The molecule has 0 unspecified atom stereocenters. The molecule has 0 atom stereocenters. The summed E-state index contributed by atoms with van der Waals surface area (Å²) in [6.07, 6.45) is 7.21. The molecule has 0 radical (unpaired) electrons. The number of halogens is 1. The maximum Gasteiger partial charge on any atom is 0.230 e. The first-order chi connectivity index (χ1) is 17.5. The number of piperidine rings is 1. The van der Waals surface area contributed by atoms with Crippen molar-refractivity contribution in [3.63, 3.8) is 0 Å². The first-order valence-electron chi connectivity index (χ1n) is 12.1. The van der Waals surface area contributed by atoms with E-state index in [4.69, 9.17) is 9.51 Å². The molecule has 6 rings (SSSR count). The highest BCUT2D eigenvalue weighted by Crippen LogP contribution is 2.34. The molecule has 0 N–H and O–H groups in total. The Kier molecular flexibility index (Phi) is 5.73. The molecule has 0 bridgehead atoms. The molecule has 5 heterocycles. The summed E-state index contributed by atoms with van der Waals surface area (Å²) in [6, 6.07) is 12.7. The number of pyridine rings is 3. The Morgan fingerprint density at radius 1 is 0.972 bits per heavy atom. The van der Waals surface area contributed by atoms with Gasteiger partial charge >= 0.3 is 0 Å². The molecule has 1 fully saturated rings. The van der Waals surface area contributed by atoms with Gasteiger partial charge < -0.3 is 9.42 Å². The summed E-state index contributed by atoms with van der Waals surface area (Å²) in [7, 11) is 2.13. The number of rotatable bonds is 4. The maximum absolute atomic E-state index is 14.7. The molecule has 8 heteroatoms. The fourth-order valence-electron chi connectivity index (χ4n) is 4.75. The number of likely N-dealkylation sites (tertiary alicyclic amines) is 1. The normalized spacial score (nSPS) is 15.0. The number of nitrogens with zero attached hydrogens (tertiary/aromatic N) is 6. The highest BCUT2D eigenvalue weighted by molar-refractivity contribution is 5.95. The number of fused-ring (bicyclic) bond motifs is 1. The monoisotopic (exact) mass is 480 g/mol. The molecule has 0 saturated carbocycles. The number of hydrogen-bond donors (Lipinski definition) is 0. The minimum absolute atomic E-state index is 0.278. The standard InChI is InChI=1S/C28H25FN6O/c1-17-5-6-24(29)23(12-17)25-14-22(21-4-3-9-31-27(21)32-25)19-13-20(16-30-15-19)26-33-28(36-34-26)18-7-10-35(2)11-8-18/h3-6,9,12-16,18H,7-8,10-11H2,1-2H3. The van der Waals surface area contributed by atoms with Crippen LogP contribution in [0.1, 0.15) is 30.2 Å². The van der Waals surface area contributed by atoms with E-state index in [2.05, 4.69) is 32.1 Å². The van der Waals surface area contributed by atoms with Gasteiger partial charge in [0, 0.05) is 46.6 Å². The quantitative estimate of drug-likeness (QED) is 0.328. The Morgan fingerprint density at radius 2 is 1.81 bits per heavy atom. The molecule has 1 aliphatic rings. The summed E-state index contributed by atoms with van der Waals surface area (Å²) in [5, 5.41) is 5.11. The van der Waals surface area contributed by atoms with E-state index in [9.17, 15) is 4.39 Å². The highest BCUT2D eigenvalue weighted by Gasteiger charge is 2.24. The lowest BCUT2D eigenvalue weighted by Gasteiger charge is -2.26. The second kappa shape index (κ2) is 9.20. The van der Waals surface area contributed by atoms with E-state index < -0.39 is 0 Å². The van der Waals surface area contributed by atoms with Crippen LogP contribution in [-0.2, 0) is 0 Å². The van der Waals surface area contributed by atoms with Gasteiger partial charge in [-0.25, -0.2) is 14.4 Å². The Balaban J connectivity index is 1.42. The lowest BCUT2D eigenvalue weighted by molar-refractivity contribution is 0.227. The lowest BCUT2D eigenvalue weighted by atomic mass is 9.97. The predicted molar refractivity (Wildman–Crippen MR) is 136 cm³/mol. The van der Waals surface area contributed by atoms with Gasteiger partial charge in [-0.3, -0.25) is 4.98 Å². The fraction of sp³-hybridized carbons (Fsp3) is 0.250. The summed E-state index contributed by atoms with van der Waals surface area (Å²) >= 11 is 0. The van der Waals surface area contributed by atoms with Gasteiger partial charge in [0.25, 0.3) is 0 Å². The topological polar surface area (TPSA) is 80.8 Å². The zero-order valence-electron chi connectivity index (χ0n) is 20.1. The summed E-state index contributed by atoms with van der Waals surface area (Å²) in [5.41, 5.74) is 4.91. The van der Waals surface area contributed by atoms with Gasteiger partial charge in [0.05, 0.1) is 5.69 Å². The molecule has 4 aromatic heterocycles. The van der Waals surface area contributed by atoms with Crippen LogP contribution >= 0.6 is 0 Å². The Bertz CT molecular complexity index is 1560. The van der Waals surface area contributed by atoms with E-state index in [1.807, 2.05) is 31.2 Å². The fourth-order valence-corrected chi connectivity index (χ4v) is 4.75.